The number of piperidine rings is 1. The van der Waals surface area contributed by atoms with Crippen molar-refractivity contribution < 1.29 is 22.7 Å². The van der Waals surface area contributed by atoms with Crippen molar-refractivity contribution in [2.75, 3.05) is 26.2 Å². The molecule has 1 aromatic rings. The number of benzene rings is 1. The molecule has 8 heteroatoms. The van der Waals surface area contributed by atoms with Crippen LogP contribution in [0.2, 0.25) is 0 Å². The summed E-state index contributed by atoms with van der Waals surface area (Å²) in [6.45, 7) is 6.78. The van der Waals surface area contributed by atoms with Crippen LogP contribution in [0.1, 0.15) is 50.4 Å². The Hall–Kier alpha value is -1.93. The molecule has 1 fully saturated rings. The summed E-state index contributed by atoms with van der Waals surface area (Å²) in [5.74, 6) is -0.987. The quantitative estimate of drug-likeness (QED) is 0.660. The van der Waals surface area contributed by atoms with E-state index in [2.05, 4.69) is 0 Å². The molecule has 2 rings (SSSR count). The van der Waals surface area contributed by atoms with Crippen molar-refractivity contribution in [1.82, 2.24) is 9.21 Å². The Balaban J connectivity index is 2.12. The highest BCUT2D eigenvalue weighted by molar-refractivity contribution is 7.89. The van der Waals surface area contributed by atoms with Gasteiger partial charge in [-0.1, -0.05) is 12.5 Å². The maximum absolute atomic E-state index is 12.9. The summed E-state index contributed by atoms with van der Waals surface area (Å²) in [7, 11) is -3.67. The zero-order valence-corrected chi connectivity index (χ0v) is 17.0. The standard InChI is InChI=1S/C19H28N2O5S/c1-4-20(5-2)18(22)14-26-19(23)16-10-8-11-17(13-16)27(24,25)21-12-7-6-9-15(21)3/h8,10-11,13,15H,4-7,9,12,14H2,1-3H3/t15-/m1/s1. The summed E-state index contributed by atoms with van der Waals surface area (Å²) in [6, 6.07) is 5.74. The third-order valence-corrected chi connectivity index (χ3v) is 6.87. The van der Waals surface area contributed by atoms with E-state index in [1.54, 1.807) is 4.90 Å². The third-order valence-electron chi connectivity index (χ3n) is 4.86. The molecule has 0 aromatic heterocycles. The number of likely N-dealkylation sites (N-methyl/N-ethyl adjacent to an activating group) is 1. The van der Waals surface area contributed by atoms with Crippen LogP contribution in [0.5, 0.6) is 0 Å². The van der Waals surface area contributed by atoms with Crippen LogP contribution in [0, 0.1) is 0 Å². The minimum absolute atomic E-state index is 0.0638. The van der Waals surface area contributed by atoms with E-state index < -0.39 is 16.0 Å². The lowest BCUT2D eigenvalue weighted by Gasteiger charge is -2.32. The van der Waals surface area contributed by atoms with Gasteiger partial charge >= 0.3 is 5.97 Å². The number of ether oxygens (including phenoxy) is 1. The van der Waals surface area contributed by atoms with Crippen LogP contribution in [0.3, 0.4) is 0 Å². The predicted molar refractivity (Wildman–Crippen MR) is 102 cm³/mol. The fraction of sp³-hybridized carbons (Fsp3) is 0.579. The Labute approximate surface area is 161 Å². The van der Waals surface area contributed by atoms with Crippen LogP contribution in [-0.2, 0) is 19.6 Å². The van der Waals surface area contributed by atoms with Crippen molar-refractivity contribution >= 4 is 21.9 Å². The molecule has 1 atom stereocenters. The molecular formula is C19H28N2O5S. The first-order chi connectivity index (χ1) is 12.8. The zero-order valence-electron chi connectivity index (χ0n) is 16.2. The molecule has 1 aliphatic heterocycles. The van der Waals surface area contributed by atoms with Crippen molar-refractivity contribution in [3.05, 3.63) is 29.8 Å². The number of hydrogen-bond donors (Lipinski definition) is 0. The highest BCUT2D eigenvalue weighted by atomic mass is 32.2. The van der Waals surface area contributed by atoms with Gasteiger partial charge in [-0.3, -0.25) is 4.79 Å². The van der Waals surface area contributed by atoms with E-state index in [1.165, 1.54) is 28.6 Å². The van der Waals surface area contributed by atoms with Gasteiger partial charge in [-0.05, 0) is 51.8 Å². The number of rotatable bonds is 7. The summed E-state index contributed by atoms with van der Waals surface area (Å²) in [6.07, 6.45) is 2.67. The molecule has 27 heavy (non-hydrogen) atoms. The minimum atomic E-state index is -3.67. The van der Waals surface area contributed by atoms with E-state index in [4.69, 9.17) is 4.74 Å². The van der Waals surface area contributed by atoms with Crippen molar-refractivity contribution in [2.24, 2.45) is 0 Å². The van der Waals surface area contributed by atoms with E-state index in [0.717, 1.165) is 19.3 Å². The molecule has 0 saturated carbocycles. The SMILES string of the molecule is CCN(CC)C(=O)COC(=O)c1cccc(S(=O)(=O)N2CCCC[C@H]2C)c1. The number of amides is 1. The van der Waals surface area contributed by atoms with Crippen molar-refractivity contribution in [1.29, 1.82) is 0 Å². The number of carbonyl (C=O) groups is 2. The average molecular weight is 397 g/mol. The second kappa shape index (κ2) is 9.32. The average Bonchev–Trinajstić information content (AvgIpc) is 2.67. The monoisotopic (exact) mass is 396 g/mol. The van der Waals surface area contributed by atoms with Gasteiger partial charge in [0, 0.05) is 25.7 Å². The van der Waals surface area contributed by atoms with Gasteiger partial charge in [0.15, 0.2) is 6.61 Å². The number of nitrogens with zero attached hydrogens (tertiary/aromatic N) is 2. The van der Waals surface area contributed by atoms with E-state index in [1.807, 2.05) is 20.8 Å². The molecule has 0 unspecified atom stereocenters. The van der Waals surface area contributed by atoms with Crippen LogP contribution in [-0.4, -0.2) is 61.8 Å². The smallest absolute Gasteiger partial charge is 0.338 e. The summed E-state index contributed by atoms with van der Waals surface area (Å²) in [4.78, 5) is 25.9. The Morgan fingerprint density at radius 2 is 1.93 bits per heavy atom. The van der Waals surface area contributed by atoms with Crippen LogP contribution >= 0.6 is 0 Å². The normalized spacial score (nSPS) is 18.1. The topological polar surface area (TPSA) is 84.0 Å². The number of hydrogen-bond acceptors (Lipinski definition) is 5. The first-order valence-electron chi connectivity index (χ1n) is 9.38. The van der Waals surface area contributed by atoms with Gasteiger partial charge in [0.05, 0.1) is 10.5 Å². The lowest BCUT2D eigenvalue weighted by Crippen LogP contribution is -2.41. The van der Waals surface area contributed by atoms with Gasteiger partial charge in [-0.15, -0.1) is 0 Å². The minimum Gasteiger partial charge on any atom is -0.452 e. The zero-order chi connectivity index (χ0) is 20.0. The molecule has 1 aliphatic rings. The number of carbonyl (C=O) groups excluding carboxylic acids is 2. The molecule has 0 radical (unpaired) electrons. The van der Waals surface area contributed by atoms with Gasteiger partial charge in [0.1, 0.15) is 0 Å². The lowest BCUT2D eigenvalue weighted by molar-refractivity contribution is -0.134. The van der Waals surface area contributed by atoms with E-state index in [-0.39, 0.29) is 29.0 Å². The predicted octanol–water partition coefficient (Wildman–Crippen LogP) is 2.27. The van der Waals surface area contributed by atoms with Gasteiger partial charge < -0.3 is 9.64 Å². The fourth-order valence-corrected chi connectivity index (χ4v) is 4.97. The van der Waals surface area contributed by atoms with Crippen LogP contribution in [0.25, 0.3) is 0 Å². The van der Waals surface area contributed by atoms with Crippen molar-refractivity contribution in [3.63, 3.8) is 0 Å². The maximum Gasteiger partial charge on any atom is 0.338 e. The molecule has 1 aromatic carbocycles. The molecule has 0 aliphatic carbocycles. The summed E-state index contributed by atoms with van der Waals surface area (Å²) in [5, 5.41) is 0. The number of esters is 1. The van der Waals surface area contributed by atoms with Gasteiger partial charge in [0.25, 0.3) is 5.91 Å². The number of sulfonamides is 1. The molecule has 7 nitrogen and oxygen atoms in total. The lowest BCUT2D eigenvalue weighted by atomic mass is 10.1. The third kappa shape index (κ3) is 5.07. The van der Waals surface area contributed by atoms with E-state index >= 15 is 0 Å². The summed E-state index contributed by atoms with van der Waals surface area (Å²) < 4.78 is 32.4. The maximum atomic E-state index is 12.9. The molecule has 0 spiro atoms. The van der Waals surface area contributed by atoms with Crippen molar-refractivity contribution in [2.45, 2.75) is 51.0 Å². The Morgan fingerprint density at radius 1 is 1.22 bits per heavy atom. The molecule has 150 valence electrons. The highest BCUT2D eigenvalue weighted by Gasteiger charge is 2.31. The second-order valence-electron chi connectivity index (χ2n) is 6.63. The van der Waals surface area contributed by atoms with E-state index in [9.17, 15) is 18.0 Å². The molecular weight excluding hydrogens is 368 g/mol. The first kappa shape index (κ1) is 21.4. The highest BCUT2D eigenvalue weighted by Crippen LogP contribution is 2.25. The largest absolute Gasteiger partial charge is 0.452 e. The van der Waals surface area contributed by atoms with Gasteiger partial charge in [0.2, 0.25) is 10.0 Å². The first-order valence-corrected chi connectivity index (χ1v) is 10.8. The van der Waals surface area contributed by atoms with Crippen LogP contribution in [0.4, 0.5) is 0 Å². The molecule has 0 N–H and O–H groups in total. The Kier molecular flexibility index (Phi) is 7.38. The fourth-order valence-electron chi connectivity index (χ4n) is 3.23. The summed E-state index contributed by atoms with van der Waals surface area (Å²) >= 11 is 0. The molecule has 1 saturated heterocycles. The van der Waals surface area contributed by atoms with Crippen LogP contribution in [0.15, 0.2) is 29.2 Å². The van der Waals surface area contributed by atoms with Gasteiger partial charge in [-0.2, -0.15) is 4.31 Å². The summed E-state index contributed by atoms with van der Waals surface area (Å²) in [5.41, 5.74) is 0.119. The Bertz CT molecular complexity index is 774. The molecule has 0 bridgehead atoms. The molecule has 1 heterocycles. The van der Waals surface area contributed by atoms with Gasteiger partial charge in [-0.25, -0.2) is 13.2 Å². The van der Waals surface area contributed by atoms with Crippen molar-refractivity contribution in [3.8, 4) is 0 Å². The molecule has 1 amide bonds. The second-order valence-corrected chi connectivity index (χ2v) is 8.52. The Morgan fingerprint density at radius 3 is 2.56 bits per heavy atom. The van der Waals surface area contributed by atoms with Crippen LogP contribution < -0.4 is 0 Å². The van der Waals surface area contributed by atoms with E-state index in [0.29, 0.717) is 19.6 Å².